The number of hydrogen-bond acceptors (Lipinski definition) is 8. The molecular formula is C19H23F3N8O. The Hall–Kier alpha value is -3.15. The fourth-order valence-corrected chi connectivity index (χ4v) is 3.67. The summed E-state index contributed by atoms with van der Waals surface area (Å²) in [6, 6.07) is 1.78. The van der Waals surface area contributed by atoms with Gasteiger partial charge in [0.2, 0.25) is 5.91 Å². The molecule has 31 heavy (non-hydrogen) atoms. The van der Waals surface area contributed by atoms with E-state index in [0.29, 0.717) is 37.0 Å². The Bertz CT molecular complexity index is 929. The van der Waals surface area contributed by atoms with Gasteiger partial charge in [0.1, 0.15) is 17.7 Å². The Morgan fingerprint density at radius 3 is 2.90 bits per heavy atom. The van der Waals surface area contributed by atoms with Crippen LogP contribution in [0.15, 0.2) is 35.4 Å². The fraction of sp³-hybridized carbons (Fsp3) is 0.474. The zero-order chi connectivity index (χ0) is 22.0. The number of rotatable bonds is 4. The van der Waals surface area contributed by atoms with Crippen LogP contribution in [0.1, 0.15) is 12.2 Å². The number of halogens is 3. The lowest BCUT2D eigenvalue weighted by Crippen LogP contribution is -2.38. The molecule has 0 radical (unpaired) electrons. The van der Waals surface area contributed by atoms with Gasteiger partial charge in [-0.15, -0.1) is 0 Å². The van der Waals surface area contributed by atoms with E-state index < -0.39 is 18.0 Å². The number of amides is 1. The molecule has 9 nitrogen and oxygen atoms in total. The van der Waals surface area contributed by atoms with Gasteiger partial charge in [-0.1, -0.05) is 0 Å². The van der Waals surface area contributed by atoms with E-state index >= 15 is 0 Å². The minimum atomic E-state index is -4.54. The third-order valence-electron chi connectivity index (χ3n) is 5.30. The maximum Gasteiger partial charge on any atom is 0.434 e. The van der Waals surface area contributed by atoms with Crippen molar-refractivity contribution < 1.29 is 18.0 Å². The van der Waals surface area contributed by atoms with Crippen LogP contribution in [0, 0.1) is 0 Å². The molecule has 12 heteroatoms. The van der Waals surface area contributed by atoms with Gasteiger partial charge in [0.15, 0.2) is 11.5 Å². The van der Waals surface area contributed by atoms with Crippen LogP contribution in [0.3, 0.4) is 0 Å². The number of hydrogen-bond donors (Lipinski definition) is 2. The molecule has 1 unspecified atom stereocenters. The second-order valence-electron chi connectivity index (χ2n) is 7.37. The van der Waals surface area contributed by atoms with E-state index in [2.05, 4.69) is 35.4 Å². The van der Waals surface area contributed by atoms with Gasteiger partial charge in [0.25, 0.3) is 0 Å². The van der Waals surface area contributed by atoms with Crippen LogP contribution < -0.4 is 15.5 Å². The first-order chi connectivity index (χ1) is 14.8. The molecule has 0 bridgehead atoms. The first-order valence-corrected chi connectivity index (χ1v) is 9.94. The predicted molar refractivity (Wildman–Crippen MR) is 109 cm³/mol. The SMILES string of the molecule is CNC(=O)CN1CCCN(c2ccnc(C3=CNC4C=NC(C(F)(F)F)=CN34)n2)CC1. The van der Waals surface area contributed by atoms with Crippen molar-refractivity contribution in [2.45, 2.75) is 18.8 Å². The van der Waals surface area contributed by atoms with Gasteiger partial charge < -0.3 is 20.4 Å². The predicted octanol–water partition coefficient (Wildman–Crippen LogP) is 0.752. The second-order valence-corrected chi connectivity index (χ2v) is 7.37. The van der Waals surface area contributed by atoms with Crippen molar-refractivity contribution in [3.05, 3.63) is 36.2 Å². The molecule has 4 rings (SSSR count). The molecule has 1 amide bonds. The highest BCUT2D eigenvalue weighted by Gasteiger charge is 2.39. The van der Waals surface area contributed by atoms with Gasteiger partial charge in [-0.05, 0) is 12.5 Å². The van der Waals surface area contributed by atoms with Crippen LogP contribution in [-0.2, 0) is 4.79 Å². The zero-order valence-electron chi connectivity index (χ0n) is 16.9. The van der Waals surface area contributed by atoms with Crippen LogP contribution in [0.25, 0.3) is 5.70 Å². The topological polar surface area (TPSA) is 89.0 Å². The van der Waals surface area contributed by atoms with Crippen molar-refractivity contribution in [2.75, 3.05) is 44.7 Å². The maximum absolute atomic E-state index is 13.1. The summed E-state index contributed by atoms with van der Waals surface area (Å²) in [6.45, 7) is 3.30. The zero-order valence-corrected chi connectivity index (χ0v) is 16.9. The van der Waals surface area contributed by atoms with Crippen LogP contribution in [0.2, 0.25) is 0 Å². The molecule has 0 saturated carbocycles. The standard InChI is InChI=1S/C19H23F3N8O/c1-23-17(31)12-28-5-2-6-29(8-7-28)15-3-4-24-18(27-15)13-9-26-16-10-25-14(11-30(13)16)19(20,21)22/h3-4,9-11,16,26H,2,5-8,12H2,1H3,(H,23,31). The smallest absolute Gasteiger partial charge is 0.365 e. The molecule has 3 aliphatic rings. The summed E-state index contributed by atoms with van der Waals surface area (Å²) in [7, 11) is 1.62. The molecule has 1 aromatic rings. The number of nitrogens with zero attached hydrogens (tertiary/aromatic N) is 6. The fourth-order valence-electron chi connectivity index (χ4n) is 3.67. The van der Waals surface area contributed by atoms with Gasteiger partial charge in [-0.2, -0.15) is 13.2 Å². The molecule has 1 aromatic heterocycles. The Morgan fingerprint density at radius 2 is 2.13 bits per heavy atom. The summed E-state index contributed by atoms with van der Waals surface area (Å²) in [5.41, 5.74) is -0.533. The first-order valence-electron chi connectivity index (χ1n) is 9.94. The number of allylic oxidation sites excluding steroid dienone is 1. The normalized spacial score (nSPS) is 21.7. The molecule has 0 aliphatic carbocycles. The van der Waals surface area contributed by atoms with E-state index in [-0.39, 0.29) is 5.91 Å². The summed E-state index contributed by atoms with van der Waals surface area (Å²) in [5, 5.41) is 5.62. The number of aromatic nitrogens is 2. The van der Waals surface area contributed by atoms with Crippen molar-refractivity contribution in [3.63, 3.8) is 0 Å². The summed E-state index contributed by atoms with van der Waals surface area (Å²) < 4.78 is 39.3. The summed E-state index contributed by atoms with van der Waals surface area (Å²) in [6.07, 6.45) is 1.20. The van der Waals surface area contributed by atoms with Gasteiger partial charge >= 0.3 is 6.18 Å². The van der Waals surface area contributed by atoms with E-state index in [1.54, 1.807) is 25.5 Å². The van der Waals surface area contributed by atoms with Gasteiger partial charge in [-0.25, -0.2) is 9.97 Å². The number of fused-ring (bicyclic) bond motifs is 1. The molecule has 166 valence electrons. The highest BCUT2D eigenvalue weighted by Crippen LogP contribution is 2.33. The Morgan fingerprint density at radius 1 is 1.29 bits per heavy atom. The highest BCUT2D eigenvalue weighted by atomic mass is 19.4. The minimum absolute atomic E-state index is 0.0238. The molecule has 0 aromatic carbocycles. The number of likely N-dealkylation sites (N-methyl/N-ethyl adjacent to an activating group) is 1. The second kappa shape index (κ2) is 8.53. The van der Waals surface area contributed by atoms with E-state index in [9.17, 15) is 18.0 Å². The lowest BCUT2D eigenvalue weighted by atomic mass is 10.3. The molecule has 0 spiro atoms. The molecule has 4 heterocycles. The van der Waals surface area contributed by atoms with E-state index in [4.69, 9.17) is 0 Å². The van der Waals surface area contributed by atoms with Gasteiger partial charge in [-0.3, -0.25) is 14.7 Å². The molecule has 1 fully saturated rings. The molecule has 2 N–H and O–H groups in total. The lowest BCUT2D eigenvalue weighted by molar-refractivity contribution is -0.121. The lowest BCUT2D eigenvalue weighted by Gasteiger charge is -2.27. The van der Waals surface area contributed by atoms with Crippen LogP contribution in [0.5, 0.6) is 0 Å². The van der Waals surface area contributed by atoms with Crippen LogP contribution in [-0.4, -0.2) is 84.0 Å². The van der Waals surface area contributed by atoms with Crippen molar-refractivity contribution in [3.8, 4) is 0 Å². The van der Waals surface area contributed by atoms with E-state index in [1.165, 1.54) is 11.1 Å². The van der Waals surface area contributed by atoms with Crippen molar-refractivity contribution in [1.82, 2.24) is 30.4 Å². The largest absolute Gasteiger partial charge is 0.434 e. The average Bonchev–Trinajstić information content (AvgIpc) is 3.04. The quantitative estimate of drug-likeness (QED) is 0.720. The third-order valence-corrected chi connectivity index (χ3v) is 5.30. The van der Waals surface area contributed by atoms with Crippen LogP contribution >= 0.6 is 0 Å². The number of anilines is 1. The third kappa shape index (κ3) is 4.63. The number of alkyl halides is 3. The highest BCUT2D eigenvalue weighted by molar-refractivity contribution is 5.77. The monoisotopic (exact) mass is 436 g/mol. The Labute approximate surface area is 177 Å². The average molecular weight is 436 g/mol. The number of carbonyl (C=O) groups is 1. The Kier molecular flexibility index (Phi) is 5.81. The molecule has 1 saturated heterocycles. The molecule has 1 atom stereocenters. The van der Waals surface area contributed by atoms with Crippen molar-refractivity contribution in [2.24, 2.45) is 4.99 Å². The Balaban J connectivity index is 1.50. The first kappa shape index (κ1) is 21.1. The van der Waals surface area contributed by atoms with Crippen LogP contribution in [0.4, 0.5) is 19.0 Å². The van der Waals surface area contributed by atoms with Gasteiger partial charge in [0.05, 0.1) is 6.54 Å². The van der Waals surface area contributed by atoms with E-state index in [0.717, 1.165) is 25.7 Å². The number of aliphatic imine (C=N–C) groups is 1. The molecule has 3 aliphatic heterocycles. The van der Waals surface area contributed by atoms with E-state index in [1.807, 2.05) is 0 Å². The summed E-state index contributed by atoms with van der Waals surface area (Å²) in [4.78, 5) is 29.7. The number of nitrogens with one attached hydrogen (secondary N) is 2. The molecular weight excluding hydrogens is 413 g/mol. The number of carbonyl (C=O) groups excluding carboxylic acids is 1. The summed E-state index contributed by atoms with van der Waals surface area (Å²) >= 11 is 0. The minimum Gasteiger partial charge on any atom is -0.365 e. The van der Waals surface area contributed by atoms with Gasteiger partial charge in [0, 0.05) is 58.0 Å². The van der Waals surface area contributed by atoms with Crippen molar-refractivity contribution >= 4 is 23.6 Å². The summed E-state index contributed by atoms with van der Waals surface area (Å²) in [5.74, 6) is 0.998. The maximum atomic E-state index is 13.1. The van der Waals surface area contributed by atoms with Crippen molar-refractivity contribution in [1.29, 1.82) is 0 Å².